The Bertz CT molecular complexity index is 919. The first-order valence-electron chi connectivity index (χ1n) is 8.96. The number of aryl methyl sites for hydroxylation is 2. The highest BCUT2D eigenvalue weighted by atomic mass is 32.2. The summed E-state index contributed by atoms with van der Waals surface area (Å²) in [7, 11) is -3.39. The van der Waals surface area contributed by atoms with Gasteiger partial charge in [-0.15, -0.1) is 11.8 Å². The smallest absolute Gasteiger partial charge is 0.243 e. The number of carbonyl (C=O) groups excluding carboxylic acids is 1. The summed E-state index contributed by atoms with van der Waals surface area (Å²) in [6, 6.07) is 12.7. The van der Waals surface area contributed by atoms with Crippen molar-refractivity contribution in [1.82, 2.24) is 4.31 Å². The normalized spacial score (nSPS) is 15.0. The van der Waals surface area contributed by atoms with E-state index >= 15 is 0 Å². The van der Waals surface area contributed by atoms with E-state index in [1.165, 1.54) is 16.1 Å². The molecule has 0 aliphatic carbocycles. The minimum Gasteiger partial charge on any atom is -0.325 e. The molecular weight excluding hydrogens is 380 g/mol. The third kappa shape index (κ3) is 4.91. The summed E-state index contributed by atoms with van der Waals surface area (Å²) in [5.41, 5.74) is 3.01. The van der Waals surface area contributed by atoms with E-state index in [2.05, 4.69) is 5.32 Å². The molecule has 0 unspecified atom stereocenters. The molecule has 7 heteroatoms. The number of anilines is 1. The van der Waals surface area contributed by atoms with Gasteiger partial charge in [-0.2, -0.15) is 4.31 Å². The van der Waals surface area contributed by atoms with Gasteiger partial charge in [0.1, 0.15) is 0 Å². The maximum Gasteiger partial charge on any atom is 0.243 e. The fraction of sp³-hybridized carbons (Fsp3) is 0.350. The number of nitrogens with zero attached hydrogens (tertiary/aromatic N) is 1. The maximum atomic E-state index is 12.5. The summed E-state index contributed by atoms with van der Waals surface area (Å²) in [6.45, 7) is 5.17. The first-order valence-corrected chi connectivity index (χ1v) is 11.4. The van der Waals surface area contributed by atoms with Crippen molar-refractivity contribution in [3.63, 3.8) is 0 Å². The lowest BCUT2D eigenvalue weighted by Gasteiger charge is -2.15. The number of thioether (sulfide) groups is 1. The van der Waals surface area contributed by atoms with E-state index < -0.39 is 10.0 Å². The van der Waals surface area contributed by atoms with Crippen LogP contribution in [0.4, 0.5) is 5.69 Å². The lowest BCUT2D eigenvalue weighted by Crippen LogP contribution is -2.27. The average Bonchev–Trinajstić information content (AvgIpc) is 3.18. The van der Waals surface area contributed by atoms with Crippen molar-refractivity contribution in [3.05, 3.63) is 53.6 Å². The molecule has 1 fully saturated rings. The predicted octanol–water partition coefficient (Wildman–Crippen LogP) is 3.82. The zero-order valence-corrected chi connectivity index (χ0v) is 17.2. The molecule has 0 bridgehead atoms. The van der Waals surface area contributed by atoms with Crippen molar-refractivity contribution in [2.24, 2.45) is 0 Å². The van der Waals surface area contributed by atoms with Crippen LogP contribution in [0.15, 0.2) is 52.3 Å². The first-order chi connectivity index (χ1) is 12.9. The number of sulfonamides is 1. The van der Waals surface area contributed by atoms with E-state index in [0.717, 1.165) is 34.6 Å². The van der Waals surface area contributed by atoms with Crippen LogP contribution in [-0.2, 0) is 14.8 Å². The topological polar surface area (TPSA) is 66.5 Å². The van der Waals surface area contributed by atoms with Crippen LogP contribution in [0.25, 0.3) is 0 Å². The van der Waals surface area contributed by atoms with Gasteiger partial charge < -0.3 is 5.32 Å². The van der Waals surface area contributed by atoms with Gasteiger partial charge in [0, 0.05) is 23.7 Å². The summed E-state index contributed by atoms with van der Waals surface area (Å²) in [5.74, 6) is 0.187. The Hall–Kier alpha value is -1.83. The third-order valence-electron chi connectivity index (χ3n) is 4.55. The molecule has 1 N–H and O–H groups in total. The second-order valence-corrected chi connectivity index (χ2v) is 9.72. The van der Waals surface area contributed by atoms with Crippen molar-refractivity contribution < 1.29 is 13.2 Å². The van der Waals surface area contributed by atoms with Crippen LogP contribution >= 0.6 is 11.8 Å². The predicted molar refractivity (Wildman–Crippen MR) is 110 cm³/mol. The summed E-state index contributed by atoms with van der Waals surface area (Å²) in [4.78, 5) is 13.4. The highest BCUT2D eigenvalue weighted by molar-refractivity contribution is 8.00. The molecule has 0 saturated carbocycles. The largest absolute Gasteiger partial charge is 0.325 e. The van der Waals surface area contributed by atoms with Crippen LogP contribution in [0.1, 0.15) is 24.0 Å². The van der Waals surface area contributed by atoms with Gasteiger partial charge in [-0.05, 0) is 62.6 Å². The molecule has 1 amide bonds. The number of nitrogens with one attached hydrogen (secondary N) is 1. The summed E-state index contributed by atoms with van der Waals surface area (Å²) in [5, 5.41) is 2.92. The van der Waals surface area contributed by atoms with E-state index in [1.54, 1.807) is 24.3 Å². The summed E-state index contributed by atoms with van der Waals surface area (Å²) in [6.07, 6.45) is 1.84. The van der Waals surface area contributed by atoms with Gasteiger partial charge in [-0.25, -0.2) is 8.42 Å². The number of hydrogen-bond acceptors (Lipinski definition) is 4. The SMILES string of the molecule is Cc1ccc(NC(=O)CSc2ccc(S(=O)(=O)N3CCCC3)cc2)c(C)c1. The van der Waals surface area contributed by atoms with Gasteiger partial charge in [0.15, 0.2) is 0 Å². The molecule has 3 rings (SSSR count). The molecule has 27 heavy (non-hydrogen) atoms. The zero-order chi connectivity index (χ0) is 19.4. The fourth-order valence-electron chi connectivity index (χ4n) is 3.07. The molecule has 2 aromatic carbocycles. The minimum atomic E-state index is -3.39. The van der Waals surface area contributed by atoms with Crippen LogP contribution < -0.4 is 5.32 Å². The van der Waals surface area contributed by atoms with E-state index in [9.17, 15) is 13.2 Å². The third-order valence-corrected chi connectivity index (χ3v) is 7.48. The van der Waals surface area contributed by atoms with Gasteiger partial charge in [0.2, 0.25) is 15.9 Å². The quantitative estimate of drug-likeness (QED) is 0.744. The van der Waals surface area contributed by atoms with Crippen molar-refractivity contribution in [1.29, 1.82) is 0 Å². The lowest BCUT2D eigenvalue weighted by molar-refractivity contribution is -0.113. The Labute approximate surface area is 165 Å². The van der Waals surface area contributed by atoms with Crippen molar-refractivity contribution in [3.8, 4) is 0 Å². The molecule has 0 atom stereocenters. The second-order valence-electron chi connectivity index (χ2n) is 6.74. The molecule has 1 saturated heterocycles. The van der Waals surface area contributed by atoms with Crippen LogP contribution in [0.2, 0.25) is 0 Å². The van der Waals surface area contributed by atoms with Crippen molar-refractivity contribution >= 4 is 33.4 Å². The Morgan fingerprint density at radius 2 is 1.74 bits per heavy atom. The molecule has 0 spiro atoms. The number of amides is 1. The Morgan fingerprint density at radius 1 is 1.07 bits per heavy atom. The minimum absolute atomic E-state index is 0.0827. The van der Waals surface area contributed by atoms with Gasteiger partial charge in [-0.3, -0.25) is 4.79 Å². The molecule has 144 valence electrons. The molecule has 2 aromatic rings. The first kappa shape index (κ1) is 19.9. The number of carbonyl (C=O) groups is 1. The van der Waals surface area contributed by atoms with E-state index in [-0.39, 0.29) is 11.7 Å². The lowest BCUT2D eigenvalue weighted by atomic mass is 10.1. The Balaban J connectivity index is 1.57. The van der Waals surface area contributed by atoms with E-state index in [1.807, 2.05) is 32.0 Å². The zero-order valence-electron chi connectivity index (χ0n) is 15.6. The van der Waals surface area contributed by atoms with Crippen LogP contribution in [-0.4, -0.2) is 37.5 Å². The Kier molecular flexibility index (Phi) is 6.24. The summed E-state index contributed by atoms with van der Waals surface area (Å²) < 4.78 is 26.6. The van der Waals surface area contributed by atoms with Crippen LogP contribution in [0, 0.1) is 13.8 Å². The average molecular weight is 405 g/mol. The van der Waals surface area contributed by atoms with E-state index in [4.69, 9.17) is 0 Å². The molecule has 0 aromatic heterocycles. The number of rotatable bonds is 6. The second kappa shape index (κ2) is 8.46. The molecule has 0 radical (unpaired) electrons. The van der Waals surface area contributed by atoms with Crippen LogP contribution in [0.3, 0.4) is 0 Å². The highest BCUT2D eigenvalue weighted by Crippen LogP contribution is 2.25. The fourth-order valence-corrected chi connectivity index (χ4v) is 5.29. The van der Waals surface area contributed by atoms with E-state index in [0.29, 0.717) is 18.0 Å². The standard InChI is InChI=1S/C20H24N2O3S2/c1-15-5-10-19(16(2)13-15)21-20(23)14-26-17-6-8-18(9-7-17)27(24,25)22-11-3-4-12-22/h5-10,13H,3-4,11-12,14H2,1-2H3,(H,21,23). The van der Waals surface area contributed by atoms with Crippen molar-refractivity contribution in [2.75, 3.05) is 24.2 Å². The molecule has 1 heterocycles. The van der Waals surface area contributed by atoms with Gasteiger partial charge >= 0.3 is 0 Å². The monoisotopic (exact) mass is 404 g/mol. The Morgan fingerprint density at radius 3 is 2.37 bits per heavy atom. The highest BCUT2D eigenvalue weighted by Gasteiger charge is 2.26. The van der Waals surface area contributed by atoms with Gasteiger partial charge in [0.05, 0.1) is 10.6 Å². The number of benzene rings is 2. The number of hydrogen-bond donors (Lipinski definition) is 1. The molecular formula is C20H24N2O3S2. The molecule has 1 aliphatic rings. The molecule has 1 aliphatic heterocycles. The molecule has 5 nitrogen and oxygen atoms in total. The van der Waals surface area contributed by atoms with Gasteiger partial charge in [-0.1, -0.05) is 17.7 Å². The van der Waals surface area contributed by atoms with Gasteiger partial charge in [0.25, 0.3) is 0 Å². The summed E-state index contributed by atoms with van der Waals surface area (Å²) >= 11 is 1.39. The maximum absolute atomic E-state index is 12.5. The van der Waals surface area contributed by atoms with Crippen molar-refractivity contribution in [2.45, 2.75) is 36.5 Å². The van der Waals surface area contributed by atoms with Crippen LogP contribution in [0.5, 0.6) is 0 Å².